The molecule has 0 amide bonds. The second-order valence-corrected chi connectivity index (χ2v) is 8.35. The molecule has 4 aromatic rings. The number of hydrogen-bond donors (Lipinski definition) is 3. The van der Waals surface area contributed by atoms with Crippen LogP contribution in [0.2, 0.25) is 5.02 Å². The van der Waals surface area contributed by atoms with Gasteiger partial charge in [-0.2, -0.15) is 10.1 Å². The largest absolute Gasteiger partial charge is 0.396 e. The number of aromatic nitrogens is 5. The van der Waals surface area contributed by atoms with E-state index >= 15 is 0 Å². The Labute approximate surface area is 183 Å². The second-order valence-electron chi connectivity index (χ2n) is 7.97. The molecule has 1 atom stereocenters. The number of nitrogens with zero attached hydrogens (tertiary/aromatic N) is 5. The quantitative estimate of drug-likeness (QED) is 0.444. The van der Waals surface area contributed by atoms with E-state index in [1.807, 2.05) is 25.4 Å². The highest BCUT2D eigenvalue weighted by Gasteiger charge is 2.24. The van der Waals surface area contributed by atoms with Crippen LogP contribution in [0.4, 0.5) is 5.95 Å². The van der Waals surface area contributed by atoms with Crippen LogP contribution in [-0.4, -0.2) is 61.7 Å². The number of hydrogen-bond acceptors (Lipinski definition) is 6. The highest BCUT2D eigenvalue weighted by molar-refractivity contribution is 6.38. The van der Waals surface area contributed by atoms with Crippen LogP contribution in [0.25, 0.3) is 33.1 Å². The average Bonchev–Trinajstić information content (AvgIpc) is 3.35. The van der Waals surface area contributed by atoms with Crippen molar-refractivity contribution in [2.24, 2.45) is 14.1 Å². The number of benzene rings is 1. The molecule has 1 unspecified atom stereocenters. The highest BCUT2D eigenvalue weighted by Crippen LogP contribution is 2.36. The van der Waals surface area contributed by atoms with E-state index in [-0.39, 0.29) is 18.2 Å². The first kappa shape index (κ1) is 20.0. The number of halogens is 1. The zero-order valence-corrected chi connectivity index (χ0v) is 18.1. The van der Waals surface area contributed by atoms with Crippen molar-refractivity contribution in [1.82, 2.24) is 29.6 Å². The molecule has 5 rings (SSSR count). The summed E-state index contributed by atoms with van der Waals surface area (Å²) < 4.78 is 3.32. The van der Waals surface area contributed by atoms with Crippen molar-refractivity contribution in [1.29, 1.82) is 0 Å². The maximum Gasteiger partial charge on any atom is 0.264 e. The van der Waals surface area contributed by atoms with Crippen molar-refractivity contribution in [2.75, 3.05) is 31.1 Å². The van der Waals surface area contributed by atoms with Gasteiger partial charge in [-0.15, -0.1) is 0 Å². The van der Waals surface area contributed by atoms with Crippen LogP contribution < -0.4 is 15.8 Å². The number of anilines is 1. The fourth-order valence-corrected chi connectivity index (χ4v) is 4.70. The van der Waals surface area contributed by atoms with Crippen LogP contribution in [-0.2, 0) is 14.1 Å². The third-order valence-electron chi connectivity index (χ3n) is 5.93. The van der Waals surface area contributed by atoms with Crippen molar-refractivity contribution in [3.63, 3.8) is 0 Å². The number of fused-ring (bicyclic) bond motifs is 2. The lowest BCUT2D eigenvalue weighted by molar-refractivity contribution is 0.259. The summed E-state index contributed by atoms with van der Waals surface area (Å²) in [6.07, 6.45) is 4.32. The average molecular weight is 442 g/mol. The topological polar surface area (TPSA) is 104 Å². The fraction of sp³-hybridized carbons (Fsp3) is 0.381. The van der Waals surface area contributed by atoms with Gasteiger partial charge < -0.3 is 20.3 Å². The SMILES string of the molecule is Cn1cc2c(Cl)c(-c3c[nH]c4nc(N5CCNC(CCO)C5)n(C)c(=O)c34)ccc2n1. The number of nitrogens with one attached hydrogen (secondary N) is 2. The van der Waals surface area contributed by atoms with Crippen molar-refractivity contribution in [3.05, 3.63) is 39.9 Å². The summed E-state index contributed by atoms with van der Waals surface area (Å²) in [5.41, 5.74) is 2.71. The van der Waals surface area contributed by atoms with Crippen LogP contribution in [0.15, 0.2) is 29.3 Å². The Morgan fingerprint density at radius 1 is 1.29 bits per heavy atom. The molecule has 1 aliphatic heterocycles. The van der Waals surface area contributed by atoms with Crippen LogP contribution in [0, 0.1) is 0 Å². The van der Waals surface area contributed by atoms with Gasteiger partial charge in [-0.25, -0.2) is 0 Å². The number of aliphatic hydroxyl groups is 1. The third-order valence-corrected chi connectivity index (χ3v) is 6.34. The number of aromatic amines is 1. The lowest BCUT2D eigenvalue weighted by atomic mass is 10.0. The van der Waals surface area contributed by atoms with Gasteiger partial charge in [0.2, 0.25) is 5.95 Å². The molecule has 0 saturated carbocycles. The smallest absolute Gasteiger partial charge is 0.264 e. The van der Waals surface area contributed by atoms with Gasteiger partial charge in [-0.3, -0.25) is 14.0 Å². The minimum atomic E-state index is -0.129. The van der Waals surface area contributed by atoms with Crippen LogP contribution in [0.5, 0.6) is 0 Å². The van der Waals surface area contributed by atoms with Gasteiger partial charge in [0.05, 0.1) is 15.9 Å². The fourth-order valence-electron chi connectivity index (χ4n) is 4.39. The van der Waals surface area contributed by atoms with E-state index in [4.69, 9.17) is 16.6 Å². The van der Waals surface area contributed by atoms with E-state index in [0.717, 1.165) is 35.1 Å². The molecule has 3 N–H and O–H groups in total. The predicted molar refractivity (Wildman–Crippen MR) is 122 cm³/mol. The lowest BCUT2D eigenvalue weighted by Gasteiger charge is -2.34. The van der Waals surface area contributed by atoms with Crippen molar-refractivity contribution < 1.29 is 5.11 Å². The lowest BCUT2D eigenvalue weighted by Crippen LogP contribution is -2.52. The minimum Gasteiger partial charge on any atom is -0.396 e. The number of aryl methyl sites for hydroxylation is 1. The van der Waals surface area contributed by atoms with Gasteiger partial charge in [0.25, 0.3) is 5.56 Å². The summed E-state index contributed by atoms with van der Waals surface area (Å²) in [5, 5.41) is 19.0. The number of piperazine rings is 1. The number of H-pyrrole nitrogens is 1. The van der Waals surface area contributed by atoms with Gasteiger partial charge >= 0.3 is 0 Å². The monoisotopic (exact) mass is 441 g/mol. The van der Waals surface area contributed by atoms with Crippen LogP contribution in [0.1, 0.15) is 6.42 Å². The van der Waals surface area contributed by atoms with E-state index in [1.54, 1.807) is 22.5 Å². The molecule has 4 heterocycles. The van der Waals surface area contributed by atoms with Gasteiger partial charge in [-0.05, 0) is 12.5 Å². The van der Waals surface area contributed by atoms with Crippen molar-refractivity contribution in [3.8, 4) is 11.1 Å². The zero-order valence-electron chi connectivity index (χ0n) is 17.4. The normalized spacial score (nSPS) is 17.2. The molecule has 162 valence electrons. The molecule has 0 radical (unpaired) electrons. The molecular formula is C21H24ClN7O2. The first-order valence-electron chi connectivity index (χ1n) is 10.3. The Bertz CT molecular complexity index is 1340. The molecule has 1 aliphatic rings. The predicted octanol–water partition coefficient (Wildman–Crippen LogP) is 1.63. The van der Waals surface area contributed by atoms with E-state index in [0.29, 0.717) is 35.0 Å². The summed E-state index contributed by atoms with van der Waals surface area (Å²) in [4.78, 5) is 23.4. The summed E-state index contributed by atoms with van der Waals surface area (Å²) in [7, 11) is 3.60. The molecule has 1 aromatic carbocycles. The summed E-state index contributed by atoms with van der Waals surface area (Å²) in [6, 6.07) is 3.96. The Morgan fingerprint density at radius 3 is 2.94 bits per heavy atom. The highest BCUT2D eigenvalue weighted by atomic mass is 35.5. The summed E-state index contributed by atoms with van der Waals surface area (Å²) in [6.45, 7) is 2.32. The maximum atomic E-state index is 13.4. The van der Waals surface area contributed by atoms with Crippen LogP contribution >= 0.6 is 11.6 Å². The molecule has 1 fully saturated rings. The molecule has 1 saturated heterocycles. The number of aliphatic hydroxyl groups excluding tert-OH is 1. The molecule has 31 heavy (non-hydrogen) atoms. The molecular weight excluding hydrogens is 418 g/mol. The summed E-state index contributed by atoms with van der Waals surface area (Å²) in [5.74, 6) is 0.615. The Balaban J connectivity index is 1.61. The van der Waals surface area contributed by atoms with Gasteiger partial charge in [0.15, 0.2) is 0 Å². The first-order chi connectivity index (χ1) is 15.0. The standard InChI is InChI=1S/C21H24ClN7O2/c1-27-11-15-16(26-27)4-3-13(18(15)22)14-9-24-19-17(14)20(31)28(2)21(25-19)29-7-6-23-12(10-29)5-8-30/h3-4,9,11-12,23-24,30H,5-8,10H2,1-2H3. The van der Waals surface area contributed by atoms with Crippen molar-refractivity contribution in [2.45, 2.75) is 12.5 Å². The minimum absolute atomic E-state index is 0.124. The molecule has 10 heteroatoms. The molecule has 3 aromatic heterocycles. The molecule has 9 nitrogen and oxygen atoms in total. The van der Waals surface area contributed by atoms with E-state index in [2.05, 4.69) is 20.3 Å². The number of rotatable bonds is 4. The first-order valence-corrected chi connectivity index (χ1v) is 10.6. The van der Waals surface area contributed by atoms with E-state index in [1.165, 1.54) is 0 Å². The molecule has 0 bridgehead atoms. The second kappa shape index (κ2) is 7.67. The third kappa shape index (κ3) is 3.29. The maximum absolute atomic E-state index is 13.4. The zero-order chi connectivity index (χ0) is 21.7. The van der Waals surface area contributed by atoms with Gasteiger partial charge in [0, 0.05) is 75.3 Å². The molecule has 0 aliphatic carbocycles. The van der Waals surface area contributed by atoms with Crippen molar-refractivity contribution >= 4 is 39.5 Å². The summed E-state index contributed by atoms with van der Waals surface area (Å²) >= 11 is 6.71. The Morgan fingerprint density at radius 2 is 2.13 bits per heavy atom. The van der Waals surface area contributed by atoms with Gasteiger partial charge in [0.1, 0.15) is 5.65 Å². The Kier molecular flexibility index (Phi) is 4.96. The van der Waals surface area contributed by atoms with E-state index in [9.17, 15) is 9.90 Å². The molecule has 0 spiro atoms. The van der Waals surface area contributed by atoms with Gasteiger partial charge in [-0.1, -0.05) is 17.7 Å². The van der Waals surface area contributed by atoms with Crippen LogP contribution in [0.3, 0.4) is 0 Å². The van der Waals surface area contributed by atoms with E-state index < -0.39 is 0 Å². The Hall–Kier alpha value is -2.88.